The largest absolute Gasteiger partial charge is 0.383 e. The highest BCUT2D eigenvalue weighted by atomic mass is 32.2. The summed E-state index contributed by atoms with van der Waals surface area (Å²) in [4.78, 5) is 0. The number of sulfonamides is 1. The molecule has 0 aliphatic carbocycles. The Hall–Kier alpha value is -0.960. The molecule has 132 valence electrons. The molecule has 0 aromatic carbocycles. The molecule has 1 aromatic heterocycles. The summed E-state index contributed by atoms with van der Waals surface area (Å²) in [6.45, 7) is 5.48. The van der Waals surface area contributed by atoms with Crippen LogP contribution in [0.1, 0.15) is 25.3 Å². The topological polar surface area (TPSA) is 76.5 Å². The third-order valence-electron chi connectivity index (χ3n) is 4.47. The lowest BCUT2D eigenvalue weighted by atomic mass is 9.91. The van der Waals surface area contributed by atoms with Crippen molar-refractivity contribution in [3.05, 3.63) is 18.0 Å². The Morgan fingerprint density at radius 2 is 2.26 bits per heavy atom. The highest BCUT2D eigenvalue weighted by Gasteiger charge is 2.31. The monoisotopic (exact) mass is 344 g/mol. The molecule has 8 heteroatoms. The first-order chi connectivity index (χ1) is 10.9. The van der Waals surface area contributed by atoms with Crippen molar-refractivity contribution in [2.24, 2.45) is 5.92 Å². The van der Waals surface area contributed by atoms with Gasteiger partial charge in [0.05, 0.1) is 25.6 Å². The second kappa shape index (κ2) is 8.23. The third kappa shape index (κ3) is 5.27. The molecule has 0 amide bonds. The van der Waals surface area contributed by atoms with Crippen LogP contribution in [-0.4, -0.2) is 61.6 Å². The fraction of sp³-hybridized carbons (Fsp3) is 0.800. The van der Waals surface area contributed by atoms with Gasteiger partial charge in [-0.1, -0.05) is 13.3 Å². The zero-order valence-corrected chi connectivity index (χ0v) is 15.1. The number of aromatic nitrogens is 2. The predicted octanol–water partition coefficient (Wildman–Crippen LogP) is 0.679. The Morgan fingerprint density at radius 3 is 2.91 bits per heavy atom. The van der Waals surface area contributed by atoms with E-state index >= 15 is 0 Å². The first kappa shape index (κ1) is 18.4. The van der Waals surface area contributed by atoms with E-state index in [1.54, 1.807) is 11.4 Å². The van der Waals surface area contributed by atoms with Gasteiger partial charge >= 0.3 is 0 Å². The van der Waals surface area contributed by atoms with E-state index < -0.39 is 10.0 Å². The van der Waals surface area contributed by atoms with Crippen LogP contribution in [0.15, 0.2) is 12.4 Å². The maximum absolute atomic E-state index is 11.7. The van der Waals surface area contributed by atoms with Crippen LogP contribution >= 0.6 is 0 Å². The van der Waals surface area contributed by atoms with Crippen molar-refractivity contribution in [3.63, 3.8) is 0 Å². The molecule has 2 rings (SSSR count). The van der Waals surface area contributed by atoms with Gasteiger partial charge in [-0.15, -0.1) is 0 Å². The minimum absolute atomic E-state index is 0.348. The fourth-order valence-corrected chi connectivity index (χ4v) is 3.94. The van der Waals surface area contributed by atoms with E-state index in [0.29, 0.717) is 31.7 Å². The number of piperidine rings is 1. The molecule has 1 aliphatic rings. The highest BCUT2D eigenvalue weighted by molar-refractivity contribution is 7.88. The predicted molar refractivity (Wildman–Crippen MR) is 89.5 cm³/mol. The number of hydrogen-bond acceptors (Lipinski definition) is 5. The van der Waals surface area contributed by atoms with Gasteiger partial charge in [0, 0.05) is 44.5 Å². The van der Waals surface area contributed by atoms with Gasteiger partial charge in [-0.05, 0) is 12.3 Å². The third-order valence-corrected chi connectivity index (χ3v) is 5.74. The van der Waals surface area contributed by atoms with Gasteiger partial charge in [-0.2, -0.15) is 5.10 Å². The Kier molecular flexibility index (Phi) is 6.58. The van der Waals surface area contributed by atoms with E-state index in [1.807, 2.05) is 17.1 Å². The number of hydrogen-bond donors (Lipinski definition) is 1. The minimum Gasteiger partial charge on any atom is -0.383 e. The van der Waals surface area contributed by atoms with E-state index in [9.17, 15) is 8.42 Å². The molecule has 0 bridgehead atoms. The summed E-state index contributed by atoms with van der Waals surface area (Å²) in [5.74, 6) is 0.349. The summed E-state index contributed by atoms with van der Waals surface area (Å²) in [7, 11) is -1.40. The number of ether oxygens (including phenoxy) is 1. The van der Waals surface area contributed by atoms with Crippen molar-refractivity contribution in [3.8, 4) is 0 Å². The first-order valence-electron chi connectivity index (χ1n) is 8.12. The quantitative estimate of drug-likeness (QED) is 0.750. The molecule has 1 aliphatic heterocycles. The standard InChI is InChI=1S/C15H28N4O3S/c1-4-14-12-19(23(3,20)21)6-5-15(14)16-9-13-10-17-18(11-13)7-8-22-2/h10-11,14-16H,4-9,12H2,1-3H3/t14-,15+/m0/s1. The Morgan fingerprint density at radius 1 is 1.48 bits per heavy atom. The molecule has 0 radical (unpaired) electrons. The summed E-state index contributed by atoms with van der Waals surface area (Å²) in [5.41, 5.74) is 1.14. The molecule has 7 nitrogen and oxygen atoms in total. The van der Waals surface area contributed by atoms with Crippen molar-refractivity contribution in [2.75, 3.05) is 33.1 Å². The Balaban J connectivity index is 1.86. The molecule has 0 spiro atoms. The number of rotatable bonds is 8. The number of methoxy groups -OCH3 is 1. The lowest BCUT2D eigenvalue weighted by molar-refractivity contribution is 0.183. The summed E-state index contributed by atoms with van der Waals surface area (Å²) in [5, 5.41) is 7.88. The van der Waals surface area contributed by atoms with Gasteiger partial charge in [-0.3, -0.25) is 4.68 Å². The summed E-state index contributed by atoms with van der Waals surface area (Å²) in [6, 6.07) is 0.348. The zero-order valence-electron chi connectivity index (χ0n) is 14.2. The van der Waals surface area contributed by atoms with Gasteiger partial charge in [0.2, 0.25) is 10.0 Å². The van der Waals surface area contributed by atoms with E-state index in [0.717, 1.165) is 31.5 Å². The van der Waals surface area contributed by atoms with Crippen LogP contribution < -0.4 is 5.32 Å². The number of nitrogens with one attached hydrogen (secondary N) is 1. The summed E-state index contributed by atoms with van der Waals surface area (Å²) in [6.07, 6.45) is 7.01. The van der Waals surface area contributed by atoms with Crippen molar-refractivity contribution >= 4 is 10.0 Å². The van der Waals surface area contributed by atoms with Crippen LogP contribution in [0.5, 0.6) is 0 Å². The van der Waals surface area contributed by atoms with Crippen molar-refractivity contribution in [1.82, 2.24) is 19.4 Å². The van der Waals surface area contributed by atoms with Gasteiger partial charge in [0.25, 0.3) is 0 Å². The van der Waals surface area contributed by atoms with Gasteiger partial charge < -0.3 is 10.1 Å². The lowest BCUT2D eigenvalue weighted by Gasteiger charge is -2.37. The fourth-order valence-electron chi connectivity index (χ4n) is 3.04. The summed E-state index contributed by atoms with van der Waals surface area (Å²) >= 11 is 0. The van der Waals surface area contributed by atoms with Crippen molar-refractivity contribution in [1.29, 1.82) is 0 Å². The smallest absolute Gasteiger partial charge is 0.211 e. The SMILES string of the molecule is CC[C@H]1CN(S(C)(=O)=O)CC[C@H]1NCc1cnn(CCOC)c1. The molecule has 2 heterocycles. The normalized spacial score (nSPS) is 23.3. The molecule has 1 N–H and O–H groups in total. The van der Waals surface area contributed by atoms with Gasteiger partial charge in [0.1, 0.15) is 0 Å². The molecule has 0 unspecified atom stereocenters. The van der Waals surface area contributed by atoms with Crippen LogP contribution in [0, 0.1) is 5.92 Å². The molecule has 2 atom stereocenters. The minimum atomic E-state index is -3.08. The van der Waals surface area contributed by atoms with E-state index in [4.69, 9.17) is 4.74 Å². The van der Waals surface area contributed by atoms with Crippen LogP contribution in [0.3, 0.4) is 0 Å². The maximum Gasteiger partial charge on any atom is 0.211 e. The summed E-state index contributed by atoms with van der Waals surface area (Å²) < 4.78 is 31.9. The molecule has 1 aromatic rings. The highest BCUT2D eigenvalue weighted by Crippen LogP contribution is 2.22. The van der Waals surface area contributed by atoms with E-state index in [2.05, 4.69) is 17.3 Å². The maximum atomic E-state index is 11.7. The van der Waals surface area contributed by atoms with E-state index in [-0.39, 0.29) is 0 Å². The van der Waals surface area contributed by atoms with Crippen molar-refractivity contribution < 1.29 is 13.2 Å². The zero-order chi connectivity index (χ0) is 16.9. The average molecular weight is 344 g/mol. The van der Waals surface area contributed by atoms with Crippen LogP contribution in [0.2, 0.25) is 0 Å². The van der Waals surface area contributed by atoms with Gasteiger partial charge in [-0.25, -0.2) is 12.7 Å². The van der Waals surface area contributed by atoms with Crippen molar-refractivity contribution in [2.45, 2.75) is 38.9 Å². The molecule has 1 saturated heterocycles. The lowest BCUT2D eigenvalue weighted by Crippen LogP contribution is -2.50. The van der Waals surface area contributed by atoms with E-state index in [1.165, 1.54) is 6.26 Å². The average Bonchev–Trinajstić information content (AvgIpc) is 2.97. The second-order valence-electron chi connectivity index (χ2n) is 6.17. The first-order valence-corrected chi connectivity index (χ1v) is 9.97. The second-order valence-corrected chi connectivity index (χ2v) is 8.15. The van der Waals surface area contributed by atoms with Crippen LogP contribution in [0.4, 0.5) is 0 Å². The Bertz CT molecular complexity index is 587. The molecular weight excluding hydrogens is 316 g/mol. The number of nitrogens with zero attached hydrogens (tertiary/aromatic N) is 3. The molecule has 0 saturated carbocycles. The molecule has 1 fully saturated rings. The van der Waals surface area contributed by atoms with Gasteiger partial charge in [0.15, 0.2) is 0 Å². The Labute approximate surface area is 139 Å². The van der Waals surface area contributed by atoms with Crippen LogP contribution in [-0.2, 0) is 27.8 Å². The van der Waals surface area contributed by atoms with Crippen LogP contribution in [0.25, 0.3) is 0 Å². The molecule has 23 heavy (non-hydrogen) atoms. The molecular formula is C15H28N4O3S.